The first kappa shape index (κ1) is 12.3. The largest absolute Gasteiger partial charge is 0.487 e. The summed E-state index contributed by atoms with van der Waals surface area (Å²) in [4.78, 5) is 0. The molecule has 2 aliphatic heterocycles. The SMILES string of the molecule is CC1(C)Cc2cc(C(Cl)C3CCOC3)ccc2O1. The minimum absolute atomic E-state index is 0.0570. The van der Waals surface area contributed by atoms with Crippen molar-refractivity contribution < 1.29 is 9.47 Å². The van der Waals surface area contributed by atoms with E-state index in [1.165, 1.54) is 11.1 Å². The summed E-state index contributed by atoms with van der Waals surface area (Å²) in [6.45, 7) is 5.87. The van der Waals surface area contributed by atoms with Gasteiger partial charge in [-0.15, -0.1) is 11.6 Å². The molecule has 2 heterocycles. The van der Waals surface area contributed by atoms with Gasteiger partial charge >= 0.3 is 0 Å². The molecule has 18 heavy (non-hydrogen) atoms. The van der Waals surface area contributed by atoms with Crippen LogP contribution in [-0.4, -0.2) is 18.8 Å². The van der Waals surface area contributed by atoms with Crippen LogP contribution >= 0.6 is 11.6 Å². The van der Waals surface area contributed by atoms with Gasteiger partial charge in [0, 0.05) is 18.9 Å². The average Bonchev–Trinajstić information content (AvgIpc) is 2.91. The number of fused-ring (bicyclic) bond motifs is 1. The van der Waals surface area contributed by atoms with Crippen molar-refractivity contribution in [2.45, 2.75) is 37.7 Å². The van der Waals surface area contributed by atoms with E-state index in [2.05, 4.69) is 32.0 Å². The summed E-state index contributed by atoms with van der Waals surface area (Å²) in [5.74, 6) is 1.45. The van der Waals surface area contributed by atoms with E-state index in [0.29, 0.717) is 5.92 Å². The molecule has 1 fully saturated rings. The highest BCUT2D eigenvalue weighted by Crippen LogP contribution is 2.40. The van der Waals surface area contributed by atoms with Crippen LogP contribution in [0.15, 0.2) is 18.2 Å². The Morgan fingerprint density at radius 1 is 1.39 bits per heavy atom. The summed E-state index contributed by atoms with van der Waals surface area (Å²) < 4.78 is 11.3. The lowest BCUT2D eigenvalue weighted by Crippen LogP contribution is -2.24. The second kappa shape index (κ2) is 4.43. The molecule has 2 atom stereocenters. The van der Waals surface area contributed by atoms with Gasteiger partial charge in [0.25, 0.3) is 0 Å². The Bertz CT molecular complexity index is 450. The summed E-state index contributed by atoms with van der Waals surface area (Å²) in [7, 11) is 0. The molecular weight excluding hydrogens is 248 g/mol. The predicted octanol–water partition coefficient (Wildman–Crippen LogP) is 3.72. The molecule has 1 aromatic carbocycles. The Balaban J connectivity index is 1.83. The summed E-state index contributed by atoms with van der Waals surface area (Å²) in [5.41, 5.74) is 2.40. The van der Waals surface area contributed by atoms with Crippen LogP contribution in [0, 0.1) is 5.92 Å². The van der Waals surface area contributed by atoms with Crippen LogP contribution in [0.5, 0.6) is 5.75 Å². The van der Waals surface area contributed by atoms with E-state index >= 15 is 0 Å². The molecule has 0 spiro atoms. The highest BCUT2D eigenvalue weighted by molar-refractivity contribution is 6.21. The van der Waals surface area contributed by atoms with Crippen molar-refractivity contribution in [2.24, 2.45) is 5.92 Å². The maximum absolute atomic E-state index is 6.56. The fourth-order valence-corrected chi connectivity index (χ4v) is 3.19. The van der Waals surface area contributed by atoms with E-state index in [-0.39, 0.29) is 11.0 Å². The Kier molecular flexibility index (Phi) is 3.03. The van der Waals surface area contributed by atoms with E-state index in [0.717, 1.165) is 31.8 Å². The van der Waals surface area contributed by atoms with Gasteiger partial charge in [-0.05, 0) is 37.5 Å². The normalized spacial score (nSPS) is 26.7. The minimum atomic E-state index is -0.0841. The first-order chi connectivity index (χ1) is 8.55. The lowest BCUT2D eigenvalue weighted by atomic mass is 9.94. The number of alkyl halides is 1. The molecule has 2 unspecified atom stereocenters. The zero-order chi connectivity index (χ0) is 12.8. The Hall–Kier alpha value is -0.730. The average molecular weight is 267 g/mol. The second-order valence-electron chi connectivity index (χ2n) is 5.93. The van der Waals surface area contributed by atoms with Crippen molar-refractivity contribution in [2.75, 3.05) is 13.2 Å². The van der Waals surface area contributed by atoms with Crippen molar-refractivity contribution >= 4 is 11.6 Å². The van der Waals surface area contributed by atoms with Crippen LogP contribution in [-0.2, 0) is 11.2 Å². The smallest absolute Gasteiger partial charge is 0.123 e. The molecule has 1 saturated heterocycles. The molecule has 2 nitrogen and oxygen atoms in total. The number of rotatable bonds is 2. The van der Waals surface area contributed by atoms with E-state index in [4.69, 9.17) is 21.1 Å². The topological polar surface area (TPSA) is 18.5 Å². The zero-order valence-corrected chi connectivity index (χ0v) is 11.7. The standard InChI is InChI=1S/C15H19ClO2/c1-15(2)8-12-7-10(3-4-13(12)18-15)14(16)11-5-6-17-9-11/h3-4,7,11,14H,5-6,8-9H2,1-2H3. The van der Waals surface area contributed by atoms with E-state index in [1.807, 2.05) is 0 Å². The van der Waals surface area contributed by atoms with E-state index in [9.17, 15) is 0 Å². The van der Waals surface area contributed by atoms with Crippen LogP contribution in [0.3, 0.4) is 0 Å². The van der Waals surface area contributed by atoms with E-state index < -0.39 is 0 Å². The van der Waals surface area contributed by atoms with Crippen molar-refractivity contribution in [1.82, 2.24) is 0 Å². The molecule has 0 radical (unpaired) electrons. The summed E-state index contributed by atoms with van der Waals surface area (Å²) >= 11 is 6.56. The van der Waals surface area contributed by atoms with Gasteiger partial charge < -0.3 is 9.47 Å². The van der Waals surface area contributed by atoms with Crippen LogP contribution in [0.25, 0.3) is 0 Å². The van der Waals surface area contributed by atoms with Gasteiger partial charge in [0.15, 0.2) is 0 Å². The molecule has 0 aliphatic carbocycles. The van der Waals surface area contributed by atoms with Crippen molar-refractivity contribution in [3.8, 4) is 5.75 Å². The summed E-state index contributed by atoms with van der Waals surface area (Å²) in [6, 6.07) is 6.36. The molecule has 0 aromatic heterocycles. The molecule has 1 aromatic rings. The molecule has 0 amide bonds. The highest BCUT2D eigenvalue weighted by Gasteiger charge is 2.31. The molecule has 3 heteroatoms. The lowest BCUT2D eigenvalue weighted by Gasteiger charge is -2.17. The third-order valence-corrected chi connectivity index (χ3v) is 4.39. The third kappa shape index (κ3) is 2.24. The summed E-state index contributed by atoms with van der Waals surface area (Å²) in [6.07, 6.45) is 2.02. The van der Waals surface area contributed by atoms with Crippen LogP contribution < -0.4 is 4.74 Å². The Morgan fingerprint density at radius 3 is 2.94 bits per heavy atom. The first-order valence-electron chi connectivity index (χ1n) is 6.59. The minimum Gasteiger partial charge on any atom is -0.487 e. The maximum atomic E-state index is 6.56. The number of halogens is 1. The highest BCUT2D eigenvalue weighted by atomic mass is 35.5. The first-order valence-corrected chi connectivity index (χ1v) is 7.02. The Labute approximate surface area is 113 Å². The predicted molar refractivity (Wildman–Crippen MR) is 72.4 cm³/mol. The summed E-state index contributed by atoms with van der Waals surface area (Å²) in [5, 5.41) is 0.0570. The van der Waals surface area contributed by atoms with Gasteiger partial charge in [-0.1, -0.05) is 12.1 Å². The molecule has 0 bridgehead atoms. The number of hydrogen-bond acceptors (Lipinski definition) is 2. The Morgan fingerprint density at radius 2 is 2.22 bits per heavy atom. The third-order valence-electron chi connectivity index (χ3n) is 3.78. The number of benzene rings is 1. The van der Waals surface area contributed by atoms with Crippen LogP contribution in [0.1, 0.15) is 36.8 Å². The second-order valence-corrected chi connectivity index (χ2v) is 6.40. The van der Waals surface area contributed by atoms with E-state index in [1.54, 1.807) is 0 Å². The van der Waals surface area contributed by atoms with Gasteiger partial charge in [0.05, 0.1) is 12.0 Å². The molecule has 98 valence electrons. The van der Waals surface area contributed by atoms with Gasteiger partial charge in [-0.25, -0.2) is 0 Å². The van der Waals surface area contributed by atoms with Crippen molar-refractivity contribution in [3.05, 3.63) is 29.3 Å². The molecule has 0 saturated carbocycles. The van der Waals surface area contributed by atoms with Gasteiger partial charge in [-0.2, -0.15) is 0 Å². The van der Waals surface area contributed by atoms with Gasteiger partial charge in [0.2, 0.25) is 0 Å². The fourth-order valence-electron chi connectivity index (χ4n) is 2.86. The molecule has 3 rings (SSSR count). The van der Waals surface area contributed by atoms with Crippen LogP contribution in [0.2, 0.25) is 0 Å². The van der Waals surface area contributed by atoms with Crippen molar-refractivity contribution in [1.29, 1.82) is 0 Å². The maximum Gasteiger partial charge on any atom is 0.123 e. The molecular formula is C15H19ClO2. The van der Waals surface area contributed by atoms with Crippen molar-refractivity contribution in [3.63, 3.8) is 0 Å². The van der Waals surface area contributed by atoms with Crippen LogP contribution in [0.4, 0.5) is 0 Å². The van der Waals surface area contributed by atoms with Gasteiger partial charge in [-0.3, -0.25) is 0 Å². The lowest BCUT2D eigenvalue weighted by molar-refractivity contribution is 0.138. The quantitative estimate of drug-likeness (QED) is 0.760. The van der Waals surface area contributed by atoms with Gasteiger partial charge in [0.1, 0.15) is 11.4 Å². The monoisotopic (exact) mass is 266 g/mol. The molecule has 2 aliphatic rings. The molecule has 0 N–H and O–H groups in total. The fraction of sp³-hybridized carbons (Fsp3) is 0.600. The zero-order valence-electron chi connectivity index (χ0n) is 10.9. The number of hydrogen-bond donors (Lipinski definition) is 0. The number of ether oxygens (including phenoxy) is 2.